The second kappa shape index (κ2) is 8.65. The molecule has 7 heteroatoms. The molecule has 1 heterocycles. The monoisotopic (exact) mass is 391 g/mol. The minimum atomic E-state index is -4.40. The predicted octanol–water partition coefficient (Wildman–Crippen LogP) is 3.43. The first kappa shape index (κ1) is 20.2. The highest BCUT2D eigenvalue weighted by Crippen LogP contribution is 2.29. The Morgan fingerprint density at radius 3 is 2.14 bits per heavy atom. The van der Waals surface area contributed by atoms with Crippen LogP contribution in [0, 0.1) is 0 Å². The highest BCUT2D eigenvalue weighted by atomic mass is 19.4. The molecule has 4 nitrogen and oxygen atoms in total. The van der Waals surface area contributed by atoms with E-state index in [2.05, 4.69) is 46.4 Å². The van der Waals surface area contributed by atoms with Crippen molar-refractivity contribution in [1.82, 2.24) is 10.2 Å². The molecule has 0 aromatic heterocycles. The fourth-order valence-corrected chi connectivity index (χ4v) is 3.17. The van der Waals surface area contributed by atoms with E-state index in [-0.39, 0.29) is 11.5 Å². The quantitative estimate of drug-likeness (QED) is 0.848. The molecule has 3 rings (SSSR count). The average Bonchev–Trinajstić information content (AvgIpc) is 2.68. The Kier molecular flexibility index (Phi) is 6.24. The zero-order valence-electron chi connectivity index (χ0n) is 15.8. The number of likely N-dealkylation sites (N-methyl/N-ethyl adjacent to an activating group) is 1. The van der Waals surface area contributed by atoms with Crippen LogP contribution in [0.15, 0.2) is 48.5 Å². The van der Waals surface area contributed by atoms with Gasteiger partial charge in [-0.15, -0.1) is 0 Å². The summed E-state index contributed by atoms with van der Waals surface area (Å²) in [6, 6.07) is 12.5. The van der Waals surface area contributed by atoms with Gasteiger partial charge in [0.1, 0.15) is 0 Å². The normalized spacial score (nSPS) is 15.5. The van der Waals surface area contributed by atoms with E-state index < -0.39 is 11.7 Å². The van der Waals surface area contributed by atoms with Gasteiger partial charge in [0.05, 0.1) is 5.56 Å². The molecule has 1 aliphatic heterocycles. The van der Waals surface area contributed by atoms with E-state index in [4.69, 9.17) is 0 Å². The molecular formula is C21H24F3N3O. The van der Waals surface area contributed by atoms with Crippen LogP contribution in [-0.4, -0.2) is 50.6 Å². The van der Waals surface area contributed by atoms with Crippen LogP contribution in [0.4, 0.5) is 18.9 Å². The van der Waals surface area contributed by atoms with Crippen LogP contribution in [0.25, 0.3) is 0 Å². The number of nitrogens with zero attached hydrogens (tertiary/aromatic N) is 2. The molecule has 0 radical (unpaired) electrons. The maximum Gasteiger partial charge on any atom is 0.416 e. The molecule has 0 aliphatic carbocycles. The van der Waals surface area contributed by atoms with E-state index in [1.54, 1.807) is 0 Å². The number of nitrogens with one attached hydrogen (secondary N) is 1. The van der Waals surface area contributed by atoms with Gasteiger partial charge in [0, 0.05) is 44.0 Å². The van der Waals surface area contributed by atoms with Gasteiger partial charge in [-0.3, -0.25) is 4.79 Å². The summed E-state index contributed by atoms with van der Waals surface area (Å²) in [4.78, 5) is 16.7. The molecule has 1 N–H and O–H groups in total. The van der Waals surface area contributed by atoms with Gasteiger partial charge in [-0.2, -0.15) is 13.2 Å². The second-order valence-corrected chi connectivity index (χ2v) is 7.04. The van der Waals surface area contributed by atoms with Crippen molar-refractivity contribution in [2.75, 3.05) is 44.7 Å². The number of carbonyl (C=O) groups excluding carboxylic acids is 1. The molecule has 2 aromatic rings. The molecule has 0 bridgehead atoms. The van der Waals surface area contributed by atoms with E-state index in [1.165, 1.54) is 17.8 Å². The Morgan fingerprint density at radius 2 is 1.57 bits per heavy atom. The van der Waals surface area contributed by atoms with E-state index in [9.17, 15) is 18.0 Å². The summed E-state index contributed by atoms with van der Waals surface area (Å²) in [6.45, 7) is 4.56. The number of piperazine rings is 1. The Balaban J connectivity index is 1.47. The van der Waals surface area contributed by atoms with Gasteiger partial charge >= 0.3 is 6.18 Å². The van der Waals surface area contributed by atoms with Crippen LogP contribution < -0.4 is 10.2 Å². The molecule has 0 saturated carbocycles. The first-order valence-corrected chi connectivity index (χ1v) is 9.31. The summed E-state index contributed by atoms with van der Waals surface area (Å²) in [7, 11) is 2.12. The van der Waals surface area contributed by atoms with Crippen LogP contribution in [0.5, 0.6) is 0 Å². The SMILES string of the molecule is CN1CCN(c2ccc(CCNC(=O)c3ccc(C(F)(F)F)cc3)cc2)CC1. The maximum atomic E-state index is 12.6. The van der Waals surface area contributed by atoms with E-state index in [1.807, 2.05) is 0 Å². The van der Waals surface area contributed by atoms with Crippen molar-refractivity contribution >= 4 is 11.6 Å². The number of halogens is 3. The number of amides is 1. The van der Waals surface area contributed by atoms with Crippen molar-refractivity contribution in [3.63, 3.8) is 0 Å². The number of benzene rings is 2. The highest BCUT2D eigenvalue weighted by Gasteiger charge is 2.30. The van der Waals surface area contributed by atoms with Crippen LogP contribution >= 0.6 is 0 Å². The Morgan fingerprint density at radius 1 is 0.964 bits per heavy atom. The minimum Gasteiger partial charge on any atom is -0.369 e. The zero-order chi connectivity index (χ0) is 20.1. The lowest BCUT2D eigenvalue weighted by atomic mass is 10.1. The van der Waals surface area contributed by atoms with Crippen molar-refractivity contribution in [3.8, 4) is 0 Å². The first-order valence-electron chi connectivity index (χ1n) is 9.31. The van der Waals surface area contributed by atoms with Crippen molar-refractivity contribution < 1.29 is 18.0 Å². The maximum absolute atomic E-state index is 12.6. The van der Waals surface area contributed by atoms with Crippen molar-refractivity contribution in [1.29, 1.82) is 0 Å². The standard InChI is InChI=1S/C21H24F3N3O/c1-26-12-14-27(15-13-26)19-8-2-16(3-9-19)10-11-25-20(28)17-4-6-18(7-5-17)21(22,23)24/h2-9H,10-15H2,1H3,(H,25,28). The largest absolute Gasteiger partial charge is 0.416 e. The van der Waals surface area contributed by atoms with Crippen molar-refractivity contribution in [2.24, 2.45) is 0 Å². The molecule has 1 amide bonds. The number of rotatable bonds is 5. The van der Waals surface area contributed by atoms with Gasteiger partial charge in [0.25, 0.3) is 5.91 Å². The van der Waals surface area contributed by atoms with Gasteiger partial charge in [-0.25, -0.2) is 0 Å². The number of alkyl halides is 3. The van der Waals surface area contributed by atoms with Gasteiger partial charge in [0.2, 0.25) is 0 Å². The zero-order valence-corrected chi connectivity index (χ0v) is 15.8. The molecule has 150 valence electrons. The number of anilines is 1. The number of hydrogen-bond acceptors (Lipinski definition) is 3. The average molecular weight is 391 g/mol. The molecule has 1 fully saturated rings. The lowest BCUT2D eigenvalue weighted by molar-refractivity contribution is -0.137. The molecule has 0 unspecified atom stereocenters. The van der Waals surface area contributed by atoms with Gasteiger partial charge in [-0.05, 0) is 55.4 Å². The van der Waals surface area contributed by atoms with E-state index in [0.717, 1.165) is 43.9 Å². The molecule has 2 aromatic carbocycles. The summed E-state index contributed by atoms with van der Waals surface area (Å²) in [5.74, 6) is -0.372. The van der Waals surface area contributed by atoms with Crippen LogP contribution in [0.1, 0.15) is 21.5 Å². The van der Waals surface area contributed by atoms with Crippen molar-refractivity contribution in [2.45, 2.75) is 12.6 Å². The lowest BCUT2D eigenvalue weighted by Gasteiger charge is -2.34. The molecule has 1 saturated heterocycles. The Hall–Kier alpha value is -2.54. The summed E-state index contributed by atoms with van der Waals surface area (Å²) < 4.78 is 37.7. The highest BCUT2D eigenvalue weighted by molar-refractivity contribution is 5.94. The van der Waals surface area contributed by atoms with Gasteiger partial charge in [0.15, 0.2) is 0 Å². The second-order valence-electron chi connectivity index (χ2n) is 7.04. The first-order chi connectivity index (χ1) is 13.3. The third kappa shape index (κ3) is 5.25. The fraction of sp³-hybridized carbons (Fsp3) is 0.381. The fourth-order valence-electron chi connectivity index (χ4n) is 3.17. The van der Waals surface area contributed by atoms with Crippen molar-refractivity contribution in [3.05, 3.63) is 65.2 Å². The number of hydrogen-bond donors (Lipinski definition) is 1. The molecule has 28 heavy (non-hydrogen) atoms. The van der Waals surface area contributed by atoms with Crippen LogP contribution in [0.2, 0.25) is 0 Å². The summed E-state index contributed by atoms with van der Waals surface area (Å²) in [5, 5.41) is 2.75. The third-order valence-corrected chi connectivity index (χ3v) is 4.98. The third-order valence-electron chi connectivity index (χ3n) is 4.98. The summed E-state index contributed by atoms with van der Waals surface area (Å²) in [5.41, 5.74) is 1.76. The van der Waals surface area contributed by atoms with E-state index in [0.29, 0.717) is 13.0 Å². The molecule has 0 spiro atoms. The minimum absolute atomic E-state index is 0.221. The van der Waals surface area contributed by atoms with E-state index >= 15 is 0 Å². The van der Waals surface area contributed by atoms with Crippen LogP contribution in [0.3, 0.4) is 0 Å². The smallest absolute Gasteiger partial charge is 0.369 e. The molecular weight excluding hydrogens is 367 g/mol. The summed E-state index contributed by atoms with van der Waals surface area (Å²) in [6.07, 6.45) is -3.74. The van der Waals surface area contributed by atoms with Crippen LogP contribution in [-0.2, 0) is 12.6 Å². The van der Waals surface area contributed by atoms with Gasteiger partial charge in [-0.1, -0.05) is 12.1 Å². The van der Waals surface area contributed by atoms with Gasteiger partial charge < -0.3 is 15.1 Å². The Labute approximate surface area is 162 Å². The topological polar surface area (TPSA) is 35.6 Å². The lowest BCUT2D eigenvalue weighted by Crippen LogP contribution is -2.44. The molecule has 0 atom stereocenters. The molecule has 1 aliphatic rings. The number of carbonyl (C=O) groups is 1. The summed E-state index contributed by atoms with van der Waals surface area (Å²) >= 11 is 0. The Bertz CT molecular complexity index is 780. The predicted molar refractivity (Wildman–Crippen MR) is 104 cm³/mol.